The molecule has 2 aromatic carbocycles. The van der Waals surface area contributed by atoms with Gasteiger partial charge in [-0.2, -0.15) is 0 Å². The molecular weight excluding hydrogens is 336 g/mol. The summed E-state index contributed by atoms with van der Waals surface area (Å²) in [6.07, 6.45) is 0. The van der Waals surface area contributed by atoms with E-state index in [1.165, 1.54) is 0 Å². The summed E-state index contributed by atoms with van der Waals surface area (Å²) in [6, 6.07) is 19.6. The molecule has 3 rings (SSSR count). The third-order valence-electron chi connectivity index (χ3n) is 3.71. The van der Waals surface area contributed by atoms with Crippen molar-refractivity contribution in [2.24, 2.45) is 0 Å². The Morgan fingerprint density at radius 3 is 2.16 bits per heavy atom. The molecule has 6 nitrogen and oxygen atoms in total. The van der Waals surface area contributed by atoms with E-state index in [0.717, 1.165) is 11.3 Å². The smallest absolute Gasteiger partial charge is 0.263 e. The number of anilines is 3. The highest BCUT2D eigenvalue weighted by atomic mass is 32.2. The Hall–Kier alpha value is -2.93. The first-order valence-electron chi connectivity index (χ1n) is 7.68. The van der Waals surface area contributed by atoms with Gasteiger partial charge in [-0.05, 0) is 43.3 Å². The molecule has 128 valence electrons. The normalized spacial score (nSPS) is 11.1. The zero-order valence-corrected chi connectivity index (χ0v) is 14.7. The van der Waals surface area contributed by atoms with Gasteiger partial charge in [-0.15, -0.1) is 10.2 Å². The fourth-order valence-corrected chi connectivity index (χ4v) is 3.25. The van der Waals surface area contributed by atoms with E-state index >= 15 is 0 Å². The van der Waals surface area contributed by atoms with Crippen molar-refractivity contribution in [2.75, 3.05) is 16.7 Å². The number of hydrogen-bond donors (Lipinski definition) is 1. The van der Waals surface area contributed by atoms with E-state index < -0.39 is 10.0 Å². The summed E-state index contributed by atoms with van der Waals surface area (Å²) in [5.41, 5.74) is 1.96. The van der Waals surface area contributed by atoms with Gasteiger partial charge in [-0.25, -0.2) is 8.42 Å². The number of aryl methyl sites for hydroxylation is 1. The van der Waals surface area contributed by atoms with Gasteiger partial charge in [-0.1, -0.05) is 35.9 Å². The van der Waals surface area contributed by atoms with E-state index in [-0.39, 0.29) is 10.7 Å². The van der Waals surface area contributed by atoms with Gasteiger partial charge in [0.05, 0.1) is 4.90 Å². The third kappa shape index (κ3) is 3.95. The summed E-state index contributed by atoms with van der Waals surface area (Å²) in [7, 11) is -1.81. The topological polar surface area (TPSA) is 75.2 Å². The summed E-state index contributed by atoms with van der Waals surface area (Å²) in [4.78, 5) is 2.05. The van der Waals surface area contributed by atoms with Crippen molar-refractivity contribution in [3.05, 3.63) is 72.3 Å². The maximum absolute atomic E-state index is 12.4. The first-order chi connectivity index (χ1) is 12.0. The first kappa shape index (κ1) is 16.9. The molecule has 0 spiro atoms. The van der Waals surface area contributed by atoms with Crippen LogP contribution in [-0.2, 0) is 10.0 Å². The van der Waals surface area contributed by atoms with Gasteiger partial charge in [0, 0.05) is 12.7 Å². The van der Waals surface area contributed by atoms with Crippen LogP contribution in [0, 0.1) is 6.92 Å². The lowest BCUT2D eigenvalue weighted by atomic mass is 10.2. The molecule has 0 saturated heterocycles. The molecule has 0 aliphatic heterocycles. The third-order valence-corrected chi connectivity index (χ3v) is 5.08. The van der Waals surface area contributed by atoms with Crippen LogP contribution in [0.5, 0.6) is 0 Å². The van der Waals surface area contributed by atoms with Crippen molar-refractivity contribution in [3.8, 4) is 0 Å². The van der Waals surface area contributed by atoms with Crippen LogP contribution >= 0.6 is 0 Å². The molecule has 0 aliphatic rings. The van der Waals surface area contributed by atoms with Crippen molar-refractivity contribution in [1.29, 1.82) is 0 Å². The number of benzene rings is 2. The minimum absolute atomic E-state index is 0.172. The summed E-state index contributed by atoms with van der Waals surface area (Å²) < 4.78 is 27.2. The second-order valence-corrected chi connectivity index (χ2v) is 7.27. The lowest BCUT2D eigenvalue weighted by molar-refractivity contribution is 0.601. The van der Waals surface area contributed by atoms with Crippen LogP contribution in [0.15, 0.2) is 71.6 Å². The quantitative estimate of drug-likeness (QED) is 0.760. The van der Waals surface area contributed by atoms with E-state index in [9.17, 15) is 8.42 Å². The molecule has 0 unspecified atom stereocenters. The number of nitrogens with one attached hydrogen (secondary N) is 1. The Morgan fingerprint density at radius 2 is 1.56 bits per heavy atom. The van der Waals surface area contributed by atoms with Crippen LogP contribution in [0.4, 0.5) is 17.3 Å². The van der Waals surface area contributed by atoms with Gasteiger partial charge in [-0.3, -0.25) is 4.72 Å². The predicted molar refractivity (Wildman–Crippen MR) is 98.5 cm³/mol. The molecule has 0 bridgehead atoms. The Balaban J connectivity index is 1.77. The average molecular weight is 354 g/mol. The highest BCUT2D eigenvalue weighted by Crippen LogP contribution is 2.21. The predicted octanol–water partition coefficient (Wildman–Crippen LogP) is 3.35. The number of aromatic nitrogens is 2. The van der Waals surface area contributed by atoms with Gasteiger partial charge in [0.2, 0.25) is 0 Å². The molecule has 1 aromatic heterocycles. The summed E-state index contributed by atoms with van der Waals surface area (Å²) in [5.74, 6) is 0.787. The zero-order valence-electron chi connectivity index (χ0n) is 13.9. The maximum Gasteiger partial charge on any atom is 0.263 e. The van der Waals surface area contributed by atoms with E-state index in [4.69, 9.17) is 0 Å². The Morgan fingerprint density at radius 1 is 0.880 bits per heavy atom. The molecule has 0 atom stereocenters. The molecule has 7 heteroatoms. The van der Waals surface area contributed by atoms with Crippen LogP contribution < -0.4 is 9.62 Å². The second kappa shape index (κ2) is 6.90. The zero-order chi connectivity index (χ0) is 17.9. The van der Waals surface area contributed by atoms with Crippen molar-refractivity contribution in [3.63, 3.8) is 0 Å². The molecule has 1 N–H and O–H groups in total. The fraction of sp³-hybridized carbons (Fsp3) is 0.111. The highest BCUT2D eigenvalue weighted by Gasteiger charge is 2.15. The van der Waals surface area contributed by atoms with Crippen LogP contribution in [-0.4, -0.2) is 25.7 Å². The van der Waals surface area contributed by atoms with Gasteiger partial charge in [0.25, 0.3) is 10.0 Å². The molecule has 0 saturated carbocycles. The second-order valence-electron chi connectivity index (χ2n) is 5.59. The Labute approximate surface area is 147 Å². The average Bonchev–Trinajstić information content (AvgIpc) is 2.62. The van der Waals surface area contributed by atoms with Gasteiger partial charge in [0.15, 0.2) is 11.6 Å². The molecule has 0 amide bonds. The standard InChI is InChI=1S/C18H18N4O2S/c1-14-8-10-16(11-9-14)25(23,24)21-17-12-13-18(20-19-17)22(2)15-6-4-3-5-7-15/h3-13H,1-2H3,(H,19,21). The highest BCUT2D eigenvalue weighted by molar-refractivity contribution is 7.92. The molecule has 0 aliphatic carbocycles. The molecule has 25 heavy (non-hydrogen) atoms. The minimum atomic E-state index is -3.68. The maximum atomic E-state index is 12.4. The van der Waals surface area contributed by atoms with Crippen LogP contribution in [0.1, 0.15) is 5.56 Å². The van der Waals surface area contributed by atoms with E-state index in [0.29, 0.717) is 5.82 Å². The number of nitrogens with zero attached hydrogens (tertiary/aromatic N) is 3. The number of sulfonamides is 1. The van der Waals surface area contributed by atoms with Gasteiger partial charge in [0.1, 0.15) is 0 Å². The lowest BCUT2D eigenvalue weighted by Gasteiger charge is -2.17. The number of rotatable bonds is 5. The van der Waals surface area contributed by atoms with Crippen molar-refractivity contribution >= 4 is 27.3 Å². The molecule has 0 fully saturated rings. The SMILES string of the molecule is Cc1ccc(S(=O)(=O)Nc2ccc(N(C)c3ccccc3)nn2)cc1. The largest absolute Gasteiger partial charge is 0.328 e. The Kier molecular flexibility index (Phi) is 4.67. The fourth-order valence-electron chi connectivity index (χ4n) is 2.26. The van der Waals surface area contributed by atoms with E-state index in [1.807, 2.05) is 49.2 Å². The molecule has 0 radical (unpaired) electrons. The molecular formula is C18H18N4O2S. The number of para-hydroxylation sites is 1. The van der Waals surface area contributed by atoms with Crippen LogP contribution in [0.25, 0.3) is 0 Å². The summed E-state index contributed by atoms with van der Waals surface area (Å²) in [6.45, 7) is 1.90. The van der Waals surface area contributed by atoms with Crippen molar-refractivity contribution < 1.29 is 8.42 Å². The Bertz CT molecular complexity index is 941. The summed E-state index contributed by atoms with van der Waals surface area (Å²) >= 11 is 0. The van der Waals surface area contributed by atoms with E-state index in [1.54, 1.807) is 36.4 Å². The van der Waals surface area contributed by atoms with Gasteiger partial charge >= 0.3 is 0 Å². The van der Waals surface area contributed by atoms with E-state index in [2.05, 4.69) is 14.9 Å². The molecule has 1 heterocycles. The van der Waals surface area contributed by atoms with Crippen LogP contribution in [0.3, 0.4) is 0 Å². The van der Waals surface area contributed by atoms with Crippen molar-refractivity contribution in [2.45, 2.75) is 11.8 Å². The lowest BCUT2D eigenvalue weighted by Crippen LogP contribution is -2.16. The first-order valence-corrected chi connectivity index (χ1v) is 9.16. The van der Waals surface area contributed by atoms with Crippen molar-refractivity contribution in [1.82, 2.24) is 10.2 Å². The monoisotopic (exact) mass is 354 g/mol. The van der Waals surface area contributed by atoms with Crippen LogP contribution in [0.2, 0.25) is 0 Å². The van der Waals surface area contributed by atoms with Gasteiger partial charge < -0.3 is 4.90 Å². The number of hydrogen-bond acceptors (Lipinski definition) is 5. The summed E-state index contributed by atoms with van der Waals surface area (Å²) in [5, 5.41) is 8.07. The minimum Gasteiger partial charge on any atom is -0.328 e. The molecule has 3 aromatic rings.